The van der Waals surface area contributed by atoms with E-state index in [0.717, 1.165) is 21.7 Å². The van der Waals surface area contributed by atoms with Crippen LogP contribution in [0.25, 0.3) is 21.8 Å². The van der Waals surface area contributed by atoms with Crippen LogP contribution >= 0.6 is 11.3 Å². The van der Waals surface area contributed by atoms with E-state index in [1.807, 2.05) is 60.0 Å². The van der Waals surface area contributed by atoms with E-state index in [0.29, 0.717) is 18.1 Å². The van der Waals surface area contributed by atoms with Crippen molar-refractivity contribution in [2.45, 2.75) is 12.8 Å². The lowest BCUT2D eigenvalue weighted by atomic mass is 10.1. The standard InChI is InChI=1S/C21H17N3O2S/c25-19(12-13-20-23-21(24-26-20)18-7-4-14-27-18)22-17-10-8-16(9-11-17)15-5-2-1-3-6-15/h1-11,14H,12-13H2,(H,22,25). The Morgan fingerprint density at radius 2 is 1.74 bits per heavy atom. The van der Waals surface area contributed by atoms with Crippen molar-refractivity contribution in [3.63, 3.8) is 0 Å². The van der Waals surface area contributed by atoms with Crippen molar-refractivity contribution >= 4 is 22.9 Å². The molecule has 4 rings (SSSR count). The topological polar surface area (TPSA) is 68.0 Å². The van der Waals surface area contributed by atoms with Crippen LogP contribution in [-0.2, 0) is 11.2 Å². The first-order valence-corrected chi connectivity index (χ1v) is 9.48. The van der Waals surface area contributed by atoms with Gasteiger partial charge in [0.1, 0.15) is 0 Å². The van der Waals surface area contributed by atoms with Crippen LogP contribution in [0, 0.1) is 0 Å². The fraction of sp³-hybridized carbons (Fsp3) is 0.0952. The molecule has 0 aliphatic rings. The van der Waals surface area contributed by atoms with Crippen molar-refractivity contribution in [3.8, 4) is 21.8 Å². The van der Waals surface area contributed by atoms with Crippen LogP contribution in [0.1, 0.15) is 12.3 Å². The summed E-state index contributed by atoms with van der Waals surface area (Å²) in [5, 5.41) is 8.81. The molecule has 4 aromatic rings. The Morgan fingerprint density at radius 3 is 2.48 bits per heavy atom. The van der Waals surface area contributed by atoms with Crippen molar-refractivity contribution in [2.24, 2.45) is 0 Å². The summed E-state index contributed by atoms with van der Waals surface area (Å²) in [6.07, 6.45) is 0.693. The van der Waals surface area contributed by atoms with Crippen LogP contribution in [0.4, 0.5) is 5.69 Å². The van der Waals surface area contributed by atoms with Crippen molar-refractivity contribution in [2.75, 3.05) is 5.32 Å². The lowest BCUT2D eigenvalue weighted by Gasteiger charge is -2.06. The third-order valence-electron chi connectivity index (χ3n) is 4.05. The van der Waals surface area contributed by atoms with Gasteiger partial charge in [-0.2, -0.15) is 4.98 Å². The number of benzene rings is 2. The number of nitrogens with one attached hydrogen (secondary N) is 1. The molecular weight excluding hydrogens is 358 g/mol. The Balaban J connectivity index is 1.32. The molecule has 0 fully saturated rings. The summed E-state index contributed by atoms with van der Waals surface area (Å²) in [6, 6.07) is 21.8. The Kier molecular flexibility index (Phi) is 5.07. The Labute approximate surface area is 160 Å². The molecule has 0 bridgehead atoms. The summed E-state index contributed by atoms with van der Waals surface area (Å²) >= 11 is 1.55. The van der Waals surface area contributed by atoms with Crippen LogP contribution in [0.15, 0.2) is 76.6 Å². The maximum atomic E-state index is 12.2. The molecule has 1 amide bonds. The molecule has 0 saturated carbocycles. The lowest BCUT2D eigenvalue weighted by molar-refractivity contribution is -0.116. The minimum atomic E-state index is -0.0849. The summed E-state index contributed by atoms with van der Waals surface area (Å²) in [6.45, 7) is 0. The predicted molar refractivity (Wildman–Crippen MR) is 106 cm³/mol. The molecule has 0 saturated heterocycles. The summed E-state index contributed by atoms with van der Waals surface area (Å²) in [4.78, 5) is 17.5. The molecule has 0 aliphatic heterocycles. The fourth-order valence-corrected chi connectivity index (χ4v) is 3.33. The van der Waals surface area contributed by atoms with E-state index >= 15 is 0 Å². The monoisotopic (exact) mass is 375 g/mol. The van der Waals surface area contributed by atoms with E-state index in [-0.39, 0.29) is 12.3 Å². The molecule has 0 spiro atoms. The second-order valence-electron chi connectivity index (χ2n) is 5.98. The van der Waals surface area contributed by atoms with Crippen molar-refractivity contribution < 1.29 is 9.32 Å². The average Bonchev–Trinajstić information content (AvgIpc) is 3.39. The van der Waals surface area contributed by atoms with E-state index in [1.165, 1.54) is 0 Å². The van der Waals surface area contributed by atoms with E-state index in [2.05, 4.69) is 27.6 Å². The second-order valence-corrected chi connectivity index (χ2v) is 6.93. The fourth-order valence-electron chi connectivity index (χ4n) is 2.68. The van der Waals surface area contributed by atoms with Crippen LogP contribution in [0.3, 0.4) is 0 Å². The number of nitrogens with zero attached hydrogens (tertiary/aromatic N) is 2. The van der Waals surface area contributed by atoms with Gasteiger partial charge in [0.25, 0.3) is 0 Å². The minimum absolute atomic E-state index is 0.0849. The van der Waals surface area contributed by atoms with Crippen LogP contribution in [-0.4, -0.2) is 16.0 Å². The molecule has 2 aromatic carbocycles. The quantitative estimate of drug-likeness (QED) is 0.513. The highest BCUT2D eigenvalue weighted by molar-refractivity contribution is 7.13. The van der Waals surface area contributed by atoms with E-state index in [4.69, 9.17) is 4.52 Å². The van der Waals surface area contributed by atoms with Gasteiger partial charge in [0.05, 0.1) is 4.88 Å². The van der Waals surface area contributed by atoms with E-state index in [1.54, 1.807) is 11.3 Å². The minimum Gasteiger partial charge on any atom is -0.339 e. The largest absolute Gasteiger partial charge is 0.339 e. The van der Waals surface area contributed by atoms with Gasteiger partial charge in [0, 0.05) is 18.5 Å². The van der Waals surface area contributed by atoms with Crippen molar-refractivity contribution in [1.82, 2.24) is 10.1 Å². The highest BCUT2D eigenvalue weighted by Gasteiger charge is 2.11. The first-order valence-electron chi connectivity index (χ1n) is 8.60. The summed E-state index contributed by atoms with van der Waals surface area (Å²) in [5.74, 6) is 0.947. The number of carbonyl (C=O) groups excluding carboxylic acids is 1. The highest BCUT2D eigenvalue weighted by atomic mass is 32.1. The number of hydrogen-bond acceptors (Lipinski definition) is 5. The molecule has 0 atom stereocenters. The lowest BCUT2D eigenvalue weighted by Crippen LogP contribution is -2.12. The summed E-state index contributed by atoms with van der Waals surface area (Å²) in [5.41, 5.74) is 3.03. The molecule has 0 aliphatic carbocycles. The number of hydrogen-bond donors (Lipinski definition) is 1. The van der Waals surface area contributed by atoms with Gasteiger partial charge in [-0.3, -0.25) is 4.79 Å². The van der Waals surface area contributed by atoms with Crippen LogP contribution < -0.4 is 5.32 Å². The maximum Gasteiger partial charge on any atom is 0.227 e. The first kappa shape index (κ1) is 17.2. The Hall–Kier alpha value is -3.25. The Morgan fingerprint density at radius 1 is 0.963 bits per heavy atom. The summed E-state index contributed by atoms with van der Waals surface area (Å²) < 4.78 is 5.22. The number of aryl methyl sites for hydroxylation is 1. The van der Waals surface area contributed by atoms with Gasteiger partial charge in [0.2, 0.25) is 17.6 Å². The van der Waals surface area contributed by atoms with Gasteiger partial charge in [-0.05, 0) is 34.7 Å². The number of amides is 1. The van der Waals surface area contributed by atoms with Crippen LogP contribution in [0.5, 0.6) is 0 Å². The molecule has 2 heterocycles. The van der Waals surface area contributed by atoms with Gasteiger partial charge in [-0.15, -0.1) is 11.3 Å². The van der Waals surface area contributed by atoms with Crippen molar-refractivity contribution in [1.29, 1.82) is 0 Å². The number of aromatic nitrogens is 2. The summed E-state index contributed by atoms with van der Waals surface area (Å²) in [7, 11) is 0. The maximum absolute atomic E-state index is 12.2. The molecule has 0 radical (unpaired) electrons. The number of anilines is 1. The molecule has 5 nitrogen and oxygen atoms in total. The molecule has 134 valence electrons. The Bertz CT molecular complexity index is 1010. The molecule has 6 heteroatoms. The zero-order valence-corrected chi connectivity index (χ0v) is 15.3. The smallest absolute Gasteiger partial charge is 0.227 e. The van der Waals surface area contributed by atoms with Gasteiger partial charge in [0.15, 0.2) is 0 Å². The van der Waals surface area contributed by atoms with Gasteiger partial charge in [-0.25, -0.2) is 0 Å². The second kappa shape index (κ2) is 7.97. The number of rotatable bonds is 6. The molecule has 1 N–H and O–H groups in total. The molecule has 2 aromatic heterocycles. The predicted octanol–water partition coefficient (Wildman–Crippen LogP) is 5.04. The van der Waals surface area contributed by atoms with Crippen LogP contribution in [0.2, 0.25) is 0 Å². The van der Waals surface area contributed by atoms with E-state index in [9.17, 15) is 4.79 Å². The zero-order chi connectivity index (χ0) is 18.5. The first-order chi connectivity index (χ1) is 13.3. The zero-order valence-electron chi connectivity index (χ0n) is 14.5. The number of thiophene rings is 1. The normalized spacial score (nSPS) is 10.7. The third kappa shape index (κ3) is 4.30. The highest BCUT2D eigenvalue weighted by Crippen LogP contribution is 2.22. The molecule has 27 heavy (non-hydrogen) atoms. The van der Waals surface area contributed by atoms with E-state index < -0.39 is 0 Å². The molecular formula is C21H17N3O2S. The molecule has 0 unspecified atom stereocenters. The van der Waals surface area contributed by atoms with Gasteiger partial charge < -0.3 is 9.84 Å². The van der Waals surface area contributed by atoms with Gasteiger partial charge >= 0.3 is 0 Å². The third-order valence-corrected chi connectivity index (χ3v) is 4.92. The SMILES string of the molecule is O=C(CCc1nc(-c2cccs2)no1)Nc1ccc(-c2ccccc2)cc1. The van der Waals surface area contributed by atoms with Gasteiger partial charge in [-0.1, -0.05) is 53.7 Å². The average molecular weight is 375 g/mol. The number of carbonyl (C=O) groups is 1. The van der Waals surface area contributed by atoms with Crippen molar-refractivity contribution in [3.05, 3.63) is 78.0 Å².